The lowest BCUT2D eigenvalue weighted by atomic mass is 10.3. The third kappa shape index (κ3) is 2.39. The van der Waals surface area contributed by atoms with Crippen LogP contribution in [0.1, 0.15) is 5.56 Å². The molecule has 1 rings (SSSR count). The predicted molar refractivity (Wildman–Crippen MR) is 44.0 cm³/mol. The average molecular weight is 179 g/mol. The van der Waals surface area contributed by atoms with Crippen LogP contribution in [0.15, 0.2) is 21.3 Å². The summed E-state index contributed by atoms with van der Waals surface area (Å²) in [6.45, 7) is 0. The third-order valence-corrected chi connectivity index (χ3v) is 1.74. The van der Waals surface area contributed by atoms with Crippen LogP contribution in [-0.2, 0) is 0 Å². The van der Waals surface area contributed by atoms with Crippen LogP contribution in [-0.4, -0.2) is 0 Å². The molecule has 48 valence electrons. The number of rotatable bonds is 1. The van der Waals surface area contributed by atoms with Crippen LogP contribution in [0.25, 0.3) is 6.08 Å². The van der Waals surface area contributed by atoms with Gasteiger partial charge >= 0.3 is 0 Å². The smallest absolute Gasteiger partial charge is 0.107 e. The van der Waals surface area contributed by atoms with Crippen LogP contribution in [0.3, 0.4) is 0 Å². The van der Waals surface area contributed by atoms with Gasteiger partial charge in [0, 0.05) is 0 Å². The largest absolute Gasteiger partial charge is 0.152 e. The third-order valence-electron chi connectivity index (χ3n) is 0.819. The van der Waals surface area contributed by atoms with Crippen molar-refractivity contribution in [3.8, 4) is 0 Å². The Hall–Kier alpha value is 0.0200. The molecule has 0 unspecified atom stereocenters. The molecule has 0 amide bonds. The van der Waals surface area contributed by atoms with Gasteiger partial charge in [-0.25, -0.2) is 0 Å². The van der Waals surface area contributed by atoms with Crippen LogP contribution in [0.2, 0.25) is 0 Å². The Kier molecular flexibility index (Phi) is 2.58. The zero-order valence-corrected chi connectivity index (χ0v) is 6.80. The monoisotopic (exact) mass is 178 g/mol. The molecule has 0 aliphatic heterocycles. The summed E-state index contributed by atoms with van der Waals surface area (Å²) >= 11 is 12.4. The number of thiophene rings is 1. The first-order valence-corrected chi connectivity index (χ1v) is 4.04. The van der Waals surface area contributed by atoms with E-state index in [-0.39, 0.29) is 0 Å². The van der Waals surface area contributed by atoms with Crippen molar-refractivity contribution in [3.63, 3.8) is 0 Å². The molecule has 1 aromatic heterocycles. The number of hydrogen-bond donors (Lipinski definition) is 0. The van der Waals surface area contributed by atoms with Gasteiger partial charge in [0.25, 0.3) is 0 Å². The van der Waals surface area contributed by atoms with Crippen LogP contribution >= 0.6 is 34.5 Å². The highest BCUT2D eigenvalue weighted by atomic mass is 35.5. The SMILES string of the molecule is ClC(Cl)=Cc1ccsc1. The summed E-state index contributed by atoms with van der Waals surface area (Å²) < 4.78 is 0.299. The molecular formula is C6H4Cl2S. The maximum Gasteiger partial charge on any atom is 0.107 e. The van der Waals surface area contributed by atoms with Gasteiger partial charge in [0.1, 0.15) is 4.49 Å². The fraction of sp³-hybridized carbons (Fsp3) is 0. The van der Waals surface area contributed by atoms with Gasteiger partial charge in [-0.2, -0.15) is 11.3 Å². The van der Waals surface area contributed by atoms with Crippen molar-refractivity contribution in [2.75, 3.05) is 0 Å². The molecular weight excluding hydrogens is 175 g/mol. The van der Waals surface area contributed by atoms with Gasteiger partial charge in [0.05, 0.1) is 0 Å². The van der Waals surface area contributed by atoms with Crippen LogP contribution in [0, 0.1) is 0 Å². The summed E-state index contributed by atoms with van der Waals surface area (Å²) in [6.07, 6.45) is 1.71. The van der Waals surface area contributed by atoms with Crippen molar-refractivity contribution in [2.24, 2.45) is 0 Å². The lowest BCUT2D eigenvalue weighted by molar-refractivity contribution is 1.89. The topological polar surface area (TPSA) is 0 Å². The molecule has 0 bridgehead atoms. The molecule has 0 aromatic carbocycles. The highest BCUT2D eigenvalue weighted by molar-refractivity contribution is 7.08. The van der Waals surface area contributed by atoms with Gasteiger partial charge in [0.15, 0.2) is 0 Å². The molecule has 0 atom stereocenters. The second-order valence-electron chi connectivity index (χ2n) is 1.49. The van der Waals surface area contributed by atoms with E-state index in [1.807, 2.05) is 16.8 Å². The summed E-state index contributed by atoms with van der Waals surface area (Å²) in [6, 6.07) is 1.95. The zero-order valence-electron chi connectivity index (χ0n) is 4.47. The minimum atomic E-state index is 0.299. The van der Waals surface area contributed by atoms with E-state index in [9.17, 15) is 0 Å². The molecule has 3 heteroatoms. The highest BCUT2D eigenvalue weighted by Gasteiger charge is 1.87. The zero-order chi connectivity index (χ0) is 6.69. The molecule has 0 aliphatic carbocycles. The number of hydrogen-bond acceptors (Lipinski definition) is 1. The molecule has 1 heterocycles. The summed E-state index contributed by atoms with van der Waals surface area (Å²) in [7, 11) is 0. The molecule has 9 heavy (non-hydrogen) atoms. The fourth-order valence-electron chi connectivity index (χ4n) is 0.483. The second-order valence-corrected chi connectivity index (χ2v) is 3.28. The van der Waals surface area contributed by atoms with Crippen LogP contribution in [0.5, 0.6) is 0 Å². The highest BCUT2D eigenvalue weighted by Crippen LogP contribution is 2.15. The summed E-state index contributed by atoms with van der Waals surface area (Å²) in [5.41, 5.74) is 1.06. The maximum atomic E-state index is 5.40. The summed E-state index contributed by atoms with van der Waals surface area (Å²) in [5, 5.41) is 3.95. The van der Waals surface area contributed by atoms with E-state index >= 15 is 0 Å². The van der Waals surface area contributed by atoms with Crippen LogP contribution < -0.4 is 0 Å². The van der Waals surface area contributed by atoms with Gasteiger partial charge in [-0.15, -0.1) is 0 Å². The van der Waals surface area contributed by atoms with Crippen molar-refractivity contribution in [1.29, 1.82) is 0 Å². The molecule has 0 N–H and O–H groups in total. The van der Waals surface area contributed by atoms with E-state index < -0.39 is 0 Å². The molecule has 0 fully saturated rings. The molecule has 0 radical (unpaired) electrons. The van der Waals surface area contributed by atoms with E-state index in [0.717, 1.165) is 5.56 Å². The van der Waals surface area contributed by atoms with Gasteiger partial charge in [-0.1, -0.05) is 23.2 Å². The lowest BCUT2D eigenvalue weighted by Crippen LogP contribution is -1.57. The van der Waals surface area contributed by atoms with E-state index in [1.54, 1.807) is 17.4 Å². The minimum absolute atomic E-state index is 0.299. The van der Waals surface area contributed by atoms with E-state index in [4.69, 9.17) is 23.2 Å². The van der Waals surface area contributed by atoms with Crippen molar-refractivity contribution in [2.45, 2.75) is 0 Å². The van der Waals surface area contributed by atoms with Crippen molar-refractivity contribution in [3.05, 3.63) is 26.9 Å². The van der Waals surface area contributed by atoms with Crippen LogP contribution in [0.4, 0.5) is 0 Å². The number of halogens is 2. The van der Waals surface area contributed by atoms with Crippen molar-refractivity contribution < 1.29 is 0 Å². The Morgan fingerprint density at radius 2 is 2.33 bits per heavy atom. The Bertz CT molecular complexity index is 197. The Labute approximate surface area is 67.7 Å². The Morgan fingerprint density at radius 1 is 1.56 bits per heavy atom. The van der Waals surface area contributed by atoms with E-state index in [2.05, 4.69) is 0 Å². The standard InChI is InChI=1S/C6H4Cl2S/c7-6(8)3-5-1-2-9-4-5/h1-4H. The molecule has 0 nitrogen and oxygen atoms in total. The maximum absolute atomic E-state index is 5.40. The van der Waals surface area contributed by atoms with Crippen molar-refractivity contribution >= 4 is 40.6 Å². The first-order chi connectivity index (χ1) is 4.29. The molecule has 0 saturated carbocycles. The van der Waals surface area contributed by atoms with E-state index in [1.165, 1.54) is 0 Å². The van der Waals surface area contributed by atoms with Gasteiger partial charge in [-0.3, -0.25) is 0 Å². The molecule has 0 aliphatic rings. The molecule has 0 saturated heterocycles. The minimum Gasteiger partial charge on any atom is -0.152 e. The normalized spacial score (nSPS) is 9.11. The quantitative estimate of drug-likeness (QED) is 0.618. The summed E-state index contributed by atoms with van der Waals surface area (Å²) in [4.78, 5) is 0. The Balaban J connectivity index is 2.80. The van der Waals surface area contributed by atoms with Gasteiger partial charge in [0.2, 0.25) is 0 Å². The second kappa shape index (κ2) is 3.25. The van der Waals surface area contributed by atoms with Crippen molar-refractivity contribution in [1.82, 2.24) is 0 Å². The predicted octanol–water partition coefficient (Wildman–Crippen LogP) is 3.52. The lowest BCUT2D eigenvalue weighted by Gasteiger charge is -1.80. The van der Waals surface area contributed by atoms with E-state index in [0.29, 0.717) is 4.49 Å². The Morgan fingerprint density at radius 3 is 2.78 bits per heavy atom. The van der Waals surface area contributed by atoms with Gasteiger partial charge in [-0.05, 0) is 28.5 Å². The first-order valence-electron chi connectivity index (χ1n) is 2.34. The molecule has 0 spiro atoms. The van der Waals surface area contributed by atoms with Gasteiger partial charge < -0.3 is 0 Å². The summed E-state index contributed by atoms with van der Waals surface area (Å²) in [5.74, 6) is 0. The first kappa shape index (κ1) is 7.13. The average Bonchev–Trinajstić information content (AvgIpc) is 2.15. The fourth-order valence-corrected chi connectivity index (χ4v) is 1.35. The molecule has 1 aromatic rings.